The highest BCUT2D eigenvalue weighted by atomic mass is 35.5. The zero-order valence-corrected chi connectivity index (χ0v) is 12.0. The SMILES string of the molecule is CN(Cc1ccc(F)cc1)c1cc(Cl)ccc1CCl. The molecule has 0 fully saturated rings. The van der Waals surface area contributed by atoms with E-state index in [1.54, 1.807) is 12.1 Å². The molecule has 2 rings (SSSR count). The summed E-state index contributed by atoms with van der Waals surface area (Å²) in [7, 11) is 1.96. The largest absolute Gasteiger partial charge is 0.370 e. The number of alkyl halides is 1. The molecule has 0 atom stereocenters. The lowest BCUT2D eigenvalue weighted by atomic mass is 10.1. The van der Waals surface area contributed by atoms with Crippen LogP contribution in [0.15, 0.2) is 42.5 Å². The first-order valence-electron chi connectivity index (χ1n) is 5.90. The van der Waals surface area contributed by atoms with Crippen LogP contribution in [-0.2, 0) is 12.4 Å². The van der Waals surface area contributed by atoms with Crippen molar-refractivity contribution in [3.8, 4) is 0 Å². The predicted molar refractivity (Wildman–Crippen MR) is 79.5 cm³/mol. The molecule has 100 valence electrons. The summed E-state index contributed by atoms with van der Waals surface area (Å²) in [6.45, 7) is 0.671. The van der Waals surface area contributed by atoms with Crippen LogP contribution in [-0.4, -0.2) is 7.05 Å². The molecule has 2 aromatic carbocycles. The molecular formula is C15H14Cl2FN. The third-order valence-electron chi connectivity index (χ3n) is 2.94. The Morgan fingerprint density at radius 2 is 1.79 bits per heavy atom. The summed E-state index contributed by atoms with van der Waals surface area (Å²) < 4.78 is 12.9. The lowest BCUT2D eigenvalue weighted by Gasteiger charge is -2.22. The van der Waals surface area contributed by atoms with Crippen LogP contribution < -0.4 is 4.90 Å². The molecule has 0 bridgehead atoms. The lowest BCUT2D eigenvalue weighted by molar-refractivity contribution is 0.627. The van der Waals surface area contributed by atoms with Gasteiger partial charge in [0.2, 0.25) is 0 Å². The number of hydrogen-bond donors (Lipinski definition) is 0. The van der Waals surface area contributed by atoms with Gasteiger partial charge in [0.1, 0.15) is 5.82 Å². The number of rotatable bonds is 4. The number of nitrogens with zero attached hydrogens (tertiary/aromatic N) is 1. The van der Waals surface area contributed by atoms with Gasteiger partial charge in [-0.2, -0.15) is 0 Å². The van der Waals surface area contributed by atoms with Gasteiger partial charge in [0.25, 0.3) is 0 Å². The quantitative estimate of drug-likeness (QED) is 0.729. The summed E-state index contributed by atoms with van der Waals surface area (Å²) in [5.74, 6) is 0.205. The maximum absolute atomic E-state index is 12.9. The fraction of sp³-hybridized carbons (Fsp3) is 0.200. The van der Waals surface area contributed by atoms with E-state index in [9.17, 15) is 4.39 Å². The molecule has 0 saturated carbocycles. The standard InChI is InChI=1S/C15H14Cl2FN/c1-19(10-11-2-6-14(18)7-3-11)15-8-13(17)5-4-12(15)9-16/h2-8H,9-10H2,1H3. The number of benzene rings is 2. The van der Waals surface area contributed by atoms with E-state index in [0.717, 1.165) is 16.8 Å². The number of hydrogen-bond acceptors (Lipinski definition) is 1. The van der Waals surface area contributed by atoms with Crippen molar-refractivity contribution in [1.82, 2.24) is 0 Å². The van der Waals surface area contributed by atoms with Crippen LogP contribution in [0.2, 0.25) is 5.02 Å². The van der Waals surface area contributed by atoms with Gasteiger partial charge in [0.05, 0.1) is 0 Å². The van der Waals surface area contributed by atoms with Crippen molar-refractivity contribution in [2.45, 2.75) is 12.4 Å². The fourth-order valence-corrected chi connectivity index (χ4v) is 2.35. The van der Waals surface area contributed by atoms with Gasteiger partial charge >= 0.3 is 0 Å². The summed E-state index contributed by atoms with van der Waals surface area (Å²) in [6.07, 6.45) is 0. The zero-order chi connectivity index (χ0) is 13.8. The summed E-state index contributed by atoms with van der Waals surface area (Å²) in [4.78, 5) is 2.05. The summed E-state index contributed by atoms with van der Waals surface area (Å²) in [5.41, 5.74) is 3.05. The van der Waals surface area contributed by atoms with Crippen LogP contribution in [0.4, 0.5) is 10.1 Å². The van der Waals surface area contributed by atoms with Crippen molar-refractivity contribution in [2.24, 2.45) is 0 Å². The second-order valence-electron chi connectivity index (χ2n) is 4.39. The van der Waals surface area contributed by atoms with Crippen LogP contribution in [0.25, 0.3) is 0 Å². The Kier molecular flexibility index (Phi) is 4.67. The minimum absolute atomic E-state index is 0.226. The smallest absolute Gasteiger partial charge is 0.123 e. The van der Waals surface area contributed by atoms with Gasteiger partial charge in [0, 0.05) is 30.2 Å². The lowest BCUT2D eigenvalue weighted by Crippen LogP contribution is -2.17. The molecule has 0 spiro atoms. The van der Waals surface area contributed by atoms with Crippen molar-refractivity contribution in [3.05, 3.63) is 64.4 Å². The van der Waals surface area contributed by atoms with Gasteiger partial charge in [-0.15, -0.1) is 11.6 Å². The van der Waals surface area contributed by atoms with Crippen molar-refractivity contribution in [2.75, 3.05) is 11.9 Å². The molecule has 0 aromatic heterocycles. The molecule has 0 unspecified atom stereocenters. The van der Waals surface area contributed by atoms with Crippen molar-refractivity contribution < 1.29 is 4.39 Å². The van der Waals surface area contributed by atoms with E-state index < -0.39 is 0 Å². The Morgan fingerprint density at radius 1 is 1.11 bits per heavy atom. The van der Waals surface area contributed by atoms with Crippen LogP contribution in [0.1, 0.15) is 11.1 Å². The fourth-order valence-electron chi connectivity index (χ4n) is 1.95. The number of anilines is 1. The third kappa shape index (κ3) is 3.62. The van der Waals surface area contributed by atoms with Crippen molar-refractivity contribution >= 4 is 28.9 Å². The molecule has 0 saturated heterocycles. The summed E-state index contributed by atoms with van der Waals surface area (Å²) in [6, 6.07) is 12.1. The van der Waals surface area contributed by atoms with Gasteiger partial charge in [0.15, 0.2) is 0 Å². The molecular weight excluding hydrogens is 284 g/mol. The second-order valence-corrected chi connectivity index (χ2v) is 5.09. The van der Waals surface area contributed by atoms with Gasteiger partial charge in [-0.25, -0.2) is 4.39 Å². The van der Waals surface area contributed by atoms with Crippen LogP contribution in [0, 0.1) is 5.82 Å². The van der Waals surface area contributed by atoms with Gasteiger partial charge in [-0.05, 0) is 35.4 Å². The van der Waals surface area contributed by atoms with Crippen molar-refractivity contribution in [1.29, 1.82) is 0 Å². The van der Waals surface area contributed by atoms with Crippen molar-refractivity contribution in [3.63, 3.8) is 0 Å². The van der Waals surface area contributed by atoms with E-state index in [0.29, 0.717) is 17.4 Å². The third-order valence-corrected chi connectivity index (χ3v) is 3.46. The molecule has 0 N–H and O–H groups in total. The average Bonchev–Trinajstić information content (AvgIpc) is 2.41. The zero-order valence-electron chi connectivity index (χ0n) is 10.5. The minimum Gasteiger partial charge on any atom is -0.370 e. The first-order chi connectivity index (χ1) is 9.10. The monoisotopic (exact) mass is 297 g/mol. The highest BCUT2D eigenvalue weighted by Gasteiger charge is 2.08. The maximum Gasteiger partial charge on any atom is 0.123 e. The van der Waals surface area contributed by atoms with Crippen LogP contribution in [0.3, 0.4) is 0 Å². The second kappa shape index (κ2) is 6.27. The first kappa shape index (κ1) is 14.2. The van der Waals surface area contributed by atoms with E-state index in [-0.39, 0.29) is 5.82 Å². The Bertz CT molecular complexity index is 555. The molecule has 0 amide bonds. The molecule has 4 heteroatoms. The predicted octanol–water partition coefficient (Wildman–Crippen LogP) is 4.85. The molecule has 2 aromatic rings. The van der Waals surface area contributed by atoms with E-state index in [1.807, 2.05) is 25.2 Å². The molecule has 19 heavy (non-hydrogen) atoms. The maximum atomic E-state index is 12.9. The summed E-state index contributed by atoms with van der Waals surface area (Å²) in [5, 5.41) is 0.676. The van der Waals surface area contributed by atoms with E-state index in [2.05, 4.69) is 4.90 Å². The molecule has 0 aliphatic heterocycles. The van der Waals surface area contributed by atoms with Gasteiger partial charge in [-0.1, -0.05) is 29.8 Å². The molecule has 0 radical (unpaired) electrons. The van der Waals surface area contributed by atoms with E-state index >= 15 is 0 Å². The highest BCUT2D eigenvalue weighted by Crippen LogP contribution is 2.26. The van der Waals surface area contributed by atoms with E-state index in [1.165, 1.54) is 12.1 Å². The Morgan fingerprint density at radius 3 is 2.42 bits per heavy atom. The molecule has 0 heterocycles. The Hall–Kier alpha value is -1.25. The Balaban J connectivity index is 2.21. The Labute approximate surface area is 122 Å². The molecule has 1 nitrogen and oxygen atoms in total. The van der Waals surface area contributed by atoms with Crippen LogP contribution in [0.5, 0.6) is 0 Å². The highest BCUT2D eigenvalue weighted by molar-refractivity contribution is 6.31. The number of halogens is 3. The molecule has 0 aliphatic carbocycles. The molecule has 0 aliphatic rings. The van der Waals surface area contributed by atoms with Gasteiger partial charge < -0.3 is 4.90 Å². The summed E-state index contributed by atoms with van der Waals surface area (Å²) >= 11 is 12.0. The topological polar surface area (TPSA) is 3.24 Å². The average molecular weight is 298 g/mol. The van der Waals surface area contributed by atoms with Crippen LogP contribution >= 0.6 is 23.2 Å². The van der Waals surface area contributed by atoms with Gasteiger partial charge in [-0.3, -0.25) is 0 Å². The first-order valence-corrected chi connectivity index (χ1v) is 6.81. The minimum atomic E-state index is -0.226. The normalized spacial score (nSPS) is 10.5. The van der Waals surface area contributed by atoms with E-state index in [4.69, 9.17) is 23.2 Å².